The van der Waals surface area contributed by atoms with E-state index in [0.29, 0.717) is 43.4 Å². The number of nitrogens with zero attached hydrogens (tertiary/aromatic N) is 3. The zero-order valence-corrected chi connectivity index (χ0v) is 16.9. The number of hydrogen-bond acceptors (Lipinski definition) is 5. The summed E-state index contributed by atoms with van der Waals surface area (Å²) in [4.78, 5) is 25.9. The number of benzene rings is 1. The van der Waals surface area contributed by atoms with Crippen LogP contribution in [0.1, 0.15) is 49.0 Å². The Hall–Kier alpha value is -3.10. The van der Waals surface area contributed by atoms with Crippen molar-refractivity contribution in [1.82, 2.24) is 14.7 Å². The summed E-state index contributed by atoms with van der Waals surface area (Å²) in [5.74, 6) is -0.108. The first-order valence-electron chi connectivity index (χ1n) is 10.3. The lowest BCUT2D eigenvalue weighted by Gasteiger charge is -2.32. The zero-order chi connectivity index (χ0) is 21.3. The third kappa shape index (κ3) is 4.55. The second kappa shape index (κ2) is 8.33. The summed E-state index contributed by atoms with van der Waals surface area (Å²) in [6.07, 6.45) is 5.00. The van der Waals surface area contributed by atoms with Crippen LogP contribution >= 0.6 is 0 Å². The summed E-state index contributed by atoms with van der Waals surface area (Å²) in [6, 6.07) is 5.80. The summed E-state index contributed by atoms with van der Waals surface area (Å²) in [5, 5.41) is 7.52. The highest BCUT2D eigenvalue weighted by atomic mass is 19.1. The van der Waals surface area contributed by atoms with Crippen LogP contribution in [0.15, 0.2) is 30.5 Å². The van der Waals surface area contributed by atoms with Gasteiger partial charge in [-0.25, -0.2) is 9.18 Å². The van der Waals surface area contributed by atoms with Gasteiger partial charge in [-0.1, -0.05) is 0 Å². The molecule has 8 nitrogen and oxygen atoms in total. The van der Waals surface area contributed by atoms with E-state index in [1.807, 2.05) is 6.92 Å². The van der Waals surface area contributed by atoms with Crippen molar-refractivity contribution in [1.29, 1.82) is 0 Å². The molecule has 2 fully saturated rings. The number of primary amides is 1. The SMILES string of the molecule is CC(OC(=O)N1CCC(n2cc(C(N)=O)c(Nc3ccc(F)cc3)n2)CC1)C1CC1. The Morgan fingerprint density at radius 1 is 1.20 bits per heavy atom. The first-order chi connectivity index (χ1) is 14.4. The lowest BCUT2D eigenvalue weighted by atomic mass is 10.1. The number of anilines is 2. The van der Waals surface area contributed by atoms with Crippen molar-refractivity contribution < 1.29 is 18.7 Å². The smallest absolute Gasteiger partial charge is 0.410 e. The maximum atomic E-state index is 13.1. The number of carbonyl (C=O) groups excluding carboxylic acids is 2. The van der Waals surface area contributed by atoms with Crippen LogP contribution in [0.5, 0.6) is 0 Å². The standard InChI is InChI=1S/C21H26FN5O3/c1-13(14-2-3-14)30-21(29)26-10-8-17(9-11-26)27-12-18(19(23)28)20(25-27)24-16-6-4-15(22)5-7-16/h4-7,12-14,17H,2-3,8-11H2,1H3,(H2,23,28)(H,24,25). The number of ether oxygens (including phenoxy) is 1. The fourth-order valence-electron chi connectivity index (χ4n) is 3.73. The molecule has 9 heteroatoms. The van der Waals surface area contributed by atoms with Gasteiger partial charge in [0.15, 0.2) is 5.82 Å². The normalized spacial score (nSPS) is 18.1. The van der Waals surface area contributed by atoms with Gasteiger partial charge in [0.05, 0.1) is 6.04 Å². The van der Waals surface area contributed by atoms with Crippen molar-refractivity contribution in [2.45, 2.75) is 44.8 Å². The molecule has 30 heavy (non-hydrogen) atoms. The van der Waals surface area contributed by atoms with Gasteiger partial charge in [-0.2, -0.15) is 5.10 Å². The number of nitrogens with two attached hydrogens (primary N) is 1. The molecule has 1 aromatic carbocycles. The van der Waals surface area contributed by atoms with Gasteiger partial charge in [-0.3, -0.25) is 9.48 Å². The molecule has 1 saturated carbocycles. The van der Waals surface area contributed by atoms with E-state index in [9.17, 15) is 14.0 Å². The number of halogens is 1. The molecule has 2 aliphatic rings. The van der Waals surface area contributed by atoms with Gasteiger partial charge < -0.3 is 20.7 Å². The molecule has 1 saturated heterocycles. The molecule has 2 amide bonds. The number of piperidine rings is 1. The molecule has 2 aromatic rings. The molecule has 1 aromatic heterocycles. The van der Waals surface area contributed by atoms with E-state index in [0.717, 1.165) is 12.8 Å². The number of amides is 2. The average Bonchev–Trinajstić information content (AvgIpc) is 3.50. The van der Waals surface area contributed by atoms with Crippen molar-refractivity contribution in [3.8, 4) is 0 Å². The Labute approximate surface area is 174 Å². The number of likely N-dealkylation sites (tertiary alicyclic amines) is 1. The quantitative estimate of drug-likeness (QED) is 0.752. The van der Waals surface area contributed by atoms with E-state index in [1.165, 1.54) is 12.1 Å². The topological polar surface area (TPSA) is 102 Å². The van der Waals surface area contributed by atoms with E-state index >= 15 is 0 Å². The minimum Gasteiger partial charge on any atom is -0.446 e. The lowest BCUT2D eigenvalue weighted by Crippen LogP contribution is -2.40. The second-order valence-corrected chi connectivity index (χ2v) is 8.01. The van der Waals surface area contributed by atoms with Crippen LogP contribution in [0.4, 0.5) is 20.7 Å². The average molecular weight is 415 g/mol. The second-order valence-electron chi connectivity index (χ2n) is 8.01. The number of aromatic nitrogens is 2. The summed E-state index contributed by atoms with van der Waals surface area (Å²) in [5.41, 5.74) is 6.38. The van der Waals surface area contributed by atoms with Crippen molar-refractivity contribution >= 4 is 23.5 Å². The fourth-order valence-corrected chi connectivity index (χ4v) is 3.73. The van der Waals surface area contributed by atoms with E-state index < -0.39 is 5.91 Å². The van der Waals surface area contributed by atoms with Crippen LogP contribution in [0.2, 0.25) is 0 Å². The van der Waals surface area contributed by atoms with E-state index in [4.69, 9.17) is 10.5 Å². The molecule has 3 N–H and O–H groups in total. The molecule has 0 bridgehead atoms. The lowest BCUT2D eigenvalue weighted by molar-refractivity contribution is 0.0514. The van der Waals surface area contributed by atoms with Gasteiger partial charge in [-0.15, -0.1) is 0 Å². The maximum Gasteiger partial charge on any atom is 0.410 e. The Balaban J connectivity index is 1.40. The third-order valence-electron chi connectivity index (χ3n) is 5.77. The van der Waals surface area contributed by atoms with Crippen molar-refractivity contribution in [2.75, 3.05) is 18.4 Å². The number of nitrogens with one attached hydrogen (secondary N) is 1. The van der Waals surface area contributed by atoms with Crippen LogP contribution in [0.25, 0.3) is 0 Å². The monoisotopic (exact) mass is 415 g/mol. The molecule has 160 valence electrons. The van der Waals surface area contributed by atoms with Crippen LogP contribution < -0.4 is 11.1 Å². The van der Waals surface area contributed by atoms with E-state index in [2.05, 4.69) is 10.4 Å². The van der Waals surface area contributed by atoms with Crippen molar-refractivity contribution in [3.63, 3.8) is 0 Å². The van der Waals surface area contributed by atoms with Gasteiger partial charge in [0, 0.05) is 25.0 Å². The van der Waals surface area contributed by atoms with Crippen molar-refractivity contribution in [2.24, 2.45) is 11.7 Å². The van der Waals surface area contributed by atoms with E-state index in [-0.39, 0.29) is 29.6 Å². The molecule has 2 heterocycles. The molecule has 1 atom stereocenters. The van der Waals surface area contributed by atoms with Gasteiger partial charge in [0.2, 0.25) is 0 Å². The van der Waals surface area contributed by atoms with Gasteiger partial charge >= 0.3 is 6.09 Å². The van der Waals surface area contributed by atoms with Crippen molar-refractivity contribution in [3.05, 3.63) is 41.8 Å². The minimum atomic E-state index is -0.596. The number of carbonyl (C=O) groups is 2. The summed E-state index contributed by atoms with van der Waals surface area (Å²) >= 11 is 0. The molecular formula is C21H26FN5O3. The van der Waals surface area contributed by atoms with Crippen LogP contribution in [0, 0.1) is 11.7 Å². The molecular weight excluding hydrogens is 389 g/mol. The van der Waals surface area contributed by atoms with Gasteiger partial charge in [0.1, 0.15) is 17.5 Å². The van der Waals surface area contributed by atoms with Gasteiger partial charge in [-0.05, 0) is 62.8 Å². The molecule has 1 aliphatic carbocycles. The Morgan fingerprint density at radius 2 is 1.87 bits per heavy atom. The van der Waals surface area contributed by atoms with Crippen LogP contribution in [0.3, 0.4) is 0 Å². The highest BCUT2D eigenvalue weighted by Crippen LogP contribution is 2.34. The van der Waals surface area contributed by atoms with Gasteiger partial charge in [0.25, 0.3) is 5.91 Å². The van der Waals surface area contributed by atoms with Crippen LogP contribution in [-0.4, -0.2) is 45.9 Å². The summed E-state index contributed by atoms with van der Waals surface area (Å²) in [6.45, 7) is 3.08. The molecule has 4 rings (SSSR count). The highest BCUT2D eigenvalue weighted by molar-refractivity contribution is 5.98. The Kier molecular flexibility index (Phi) is 5.61. The predicted octanol–water partition coefficient (Wildman–Crippen LogP) is 3.44. The molecule has 0 radical (unpaired) electrons. The molecule has 0 spiro atoms. The number of rotatable bonds is 6. The first kappa shape index (κ1) is 20.2. The fraction of sp³-hybridized carbons (Fsp3) is 0.476. The molecule has 1 unspecified atom stereocenters. The largest absolute Gasteiger partial charge is 0.446 e. The third-order valence-corrected chi connectivity index (χ3v) is 5.77. The zero-order valence-electron chi connectivity index (χ0n) is 16.9. The van der Waals surface area contributed by atoms with E-state index in [1.54, 1.807) is 27.9 Å². The first-order valence-corrected chi connectivity index (χ1v) is 10.3. The summed E-state index contributed by atoms with van der Waals surface area (Å²) < 4.78 is 20.4. The minimum absolute atomic E-state index is 0.0282. The highest BCUT2D eigenvalue weighted by Gasteiger charge is 2.33. The maximum absolute atomic E-state index is 13.1. The van der Waals surface area contributed by atoms with Crippen LogP contribution in [-0.2, 0) is 4.74 Å². The summed E-state index contributed by atoms with van der Waals surface area (Å²) in [7, 11) is 0. The predicted molar refractivity (Wildman–Crippen MR) is 109 cm³/mol. The molecule has 1 aliphatic heterocycles. The number of hydrogen-bond donors (Lipinski definition) is 2. The Morgan fingerprint density at radius 3 is 2.47 bits per heavy atom. The Bertz CT molecular complexity index is 917.